The van der Waals surface area contributed by atoms with Gasteiger partial charge in [-0.3, -0.25) is 4.79 Å². The van der Waals surface area contributed by atoms with Crippen molar-refractivity contribution in [3.63, 3.8) is 0 Å². The zero-order valence-electron chi connectivity index (χ0n) is 22.2. The lowest BCUT2D eigenvalue weighted by molar-refractivity contribution is -0.274. The lowest BCUT2D eigenvalue weighted by atomic mass is 10.0. The number of carbonyl (C=O) groups excluding carboxylic acids is 1. The highest BCUT2D eigenvalue weighted by molar-refractivity contribution is 5.94. The summed E-state index contributed by atoms with van der Waals surface area (Å²) in [5.41, 5.74) is 2.35. The molecule has 10 heteroatoms. The van der Waals surface area contributed by atoms with E-state index in [0.717, 1.165) is 28.5 Å². The number of benzene rings is 4. The Morgan fingerprint density at radius 2 is 1.54 bits per heavy atom. The maximum atomic E-state index is 12.7. The van der Waals surface area contributed by atoms with Crippen molar-refractivity contribution >= 4 is 16.7 Å². The van der Waals surface area contributed by atoms with Crippen LogP contribution in [0.4, 0.5) is 13.2 Å². The molecule has 0 spiro atoms. The van der Waals surface area contributed by atoms with Gasteiger partial charge in [-0.25, -0.2) is 4.68 Å². The molecule has 4 aromatic carbocycles. The Morgan fingerprint density at radius 3 is 2.22 bits per heavy atom. The quantitative estimate of drug-likeness (QED) is 0.201. The second-order valence-corrected chi connectivity index (χ2v) is 9.12. The van der Waals surface area contributed by atoms with Gasteiger partial charge in [0.25, 0.3) is 5.91 Å². The van der Waals surface area contributed by atoms with Crippen molar-refractivity contribution in [1.82, 2.24) is 15.1 Å². The molecule has 0 aliphatic heterocycles. The summed E-state index contributed by atoms with van der Waals surface area (Å²) in [7, 11) is 1.60. The molecule has 1 aromatic heterocycles. The van der Waals surface area contributed by atoms with Crippen molar-refractivity contribution in [1.29, 1.82) is 0 Å². The van der Waals surface area contributed by atoms with E-state index in [1.165, 1.54) is 30.5 Å². The standard InChI is InChI=1S/C31H26F3N3O4/c1-3-16-35-30(38)20-6-11-25(12-7-20)40-28-19-36-37(24-9-14-26(15-10-24)41-31(32,33)34)29(28)23-5-4-22-18-27(39-2)13-8-21(22)17-23/h4-15,17-19H,3,16H2,1-2H3,(H,35,38). The molecule has 0 radical (unpaired) electrons. The van der Waals surface area contributed by atoms with E-state index in [1.807, 2.05) is 43.3 Å². The fourth-order valence-electron chi connectivity index (χ4n) is 4.30. The number of carbonyl (C=O) groups is 1. The number of aromatic nitrogens is 2. The molecule has 0 aliphatic rings. The molecule has 0 atom stereocenters. The molecule has 0 fully saturated rings. The molecule has 5 rings (SSSR count). The zero-order valence-corrected chi connectivity index (χ0v) is 22.2. The molecule has 1 heterocycles. The highest BCUT2D eigenvalue weighted by Crippen LogP contribution is 2.37. The van der Waals surface area contributed by atoms with Gasteiger partial charge in [0.1, 0.15) is 22.9 Å². The van der Waals surface area contributed by atoms with Crippen LogP contribution < -0.4 is 19.5 Å². The molecule has 0 bridgehead atoms. The van der Waals surface area contributed by atoms with Crippen molar-refractivity contribution < 1.29 is 32.2 Å². The Balaban J connectivity index is 1.53. The normalized spacial score (nSPS) is 11.3. The Bertz CT molecular complexity index is 1660. The maximum Gasteiger partial charge on any atom is 0.573 e. The topological polar surface area (TPSA) is 74.6 Å². The van der Waals surface area contributed by atoms with Crippen LogP contribution in [-0.2, 0) is 0 Å². The summed E-state index contributed by atoms with van der Waals surface area (Å²) in [4.78, 5) is 12.3. The fraction of sp³-hybridized carbons (Fsp3) is 0.161. The summed E-state index contributed by atoms with van der Waals surface area (Å²) in [6, 6.07) is 23.7. The van der Waals surface area contributed by atoms with Crippen LogP contribution in [0.15, 0.2) is 91.1 Å². The Labute approximate surface area is 234 Å². The molecule has 1 amide bonds. The fourth-order valence-corrected chi connectivity index (χ4v) is 4.30. The molecule has 5 aromatic rings. The Morgan fingerprint density at radius 1 is 0.878 bits per heavy atom. The van der Waals surface area contributed by atoms with Crippen molar-refractivity contribution in [2.24, 2.45) is 0 Å². The zero-order chi connectivity index (χ0) is 29.0. The predicted octanol–water partition coefficient (Wildman–Crippen LogP) is 7.53. The van der Waals surface area contributed by atoms with Crippen LogP contribution in [0.2, 0.25) is 0 Å². The van der Waals surface area contributed by atoms with Gasteiger partial charge in [0.2, 0.25) is 0 Å². The van der Waals surface area contributed by atoms with Crippen LogP contribution in [0.1, 0.15) is 23.7 Å². The molecule has 0 aliphatic carbocycles. The van der Waals surface area contributed by atoms with Gasteiger partial charge < -0.3 is 19.5 Å². The van der Waals surface area contributed by atoms with E-state index >= 15 is 0 Å². The number of halogens is 3. The van der Waals surface area contributed by atoms with Gasteiger partial charge >= 0.3 is 6.36 Å². The lowest BCUT2D eigenvalue weighted by Gasteiger charge is -2.13. The average molecular weight is 562 g/mol. The number of nitrogens with one attached hydrogen (secondary N) is 1. The van der Waals surface area contributed by atoms with Gasteiger partial charge in [-0.15, -0.1) is 13.2 Å². The van der Waals surface area contributed by atoms with Crippen molar-refractivity contribution in [2.75, 3.05) is 13.7 Å². The van der Waals surface area contributed by atoms with E-state index < -0.39 is 6.36 Å². The lowest BCUT2D eigenvalue weighted by Crippen LogP contribution is -2.23. The van der Waals surface area contributed by atoms with E-state index in [-0.39, 0.29) is 11.7 Å². The molecule has 0 saturated heterocycles. The van der Waals surface area contributed by atoms with E-state index in [4.69, 9.17) is 9.47 Å². The third kappa shape index (κ3) is 6.43. The largest absolute Gasteiger partial charge is 0.573 e. The highest BCUT2D eigenvalue weighted by atomic mass is 19.4. The minimum atomic E-state index is -4.79. The third-order valence-electron chi connectivity index (χ3n) is 6.25. The van der Waals surface area contributed by atoms with Gasteiger partial charge in [-0.2, -0.15) is 5.10 Å². The number of alkyl halides is 3. The number of hydrogen-bond acceptors (Lipinski definition) is 5. The van der Waals surface area contributed by atoms with E-state index in [1.54, 1.807) is 36.1 Å². The van der Waals surface area contributed by atoms with Crippen LogP contribution >= 0.6 is 0 Å². The average Bonchev–Trinajstić information content (AvgIpc) is 3.38. The van der Waals surface area contributed by atoms with Crippen LogP contribution in [-0.4, -0.2) is 35.7 Å². The second-order valence-electron chi connectivity index (χ2n) is 9.12. The first-order valence-electron chi connectivity index (χ1n) is 12.8. The summed E-state index contributed by atoms with van der Waals surface area (Å²) in [5.74, 6) is 1.12. The van der Waals surface area contributed by atoms with Crippen molar-refractivity contribution in [3.05, 3.63) is 96.7 Å². The highest BCUT2D eigenvalue weighted by Gasteiger charge is 2.31. The minimum absolute atomic E-state index is 0.169. The van der Waals surface area contributed by atoms with Gasteiger partial charge in [-0.1, -0.05) is 25.1 Å². The smallest absolute Gasteiger partial charge is 0.497 e. The van der Waals surface area contributed by atoms with E-state index in [0.29, 0.717) is 35.0 Å². The van der Waals surface area contributed by atoms with Gasteiger partial charge in [0, 0.05) is 17.7 Å². The second kappa shape index (κ2) is 11.6. The van der Waals surface area contributed by atoms with Gasteiger partial charge in [-0.05, 0) is 83.9 Å². The molecular weight excluding hydrogens is 535 g/mol. The number of nitrogens with zero attached hydrogens (tertiary/aromatic N) is 2. The summed E-state index contributed by atoms with van der Waals surface area (Å²) in [6.45, 7) is 2.56. The van der Waals surface area contributed by atoms with Crippen LogP contribution in [0.5, 0.6) is 23.0 Å². The number of hydrogen-bond donors (Lipinski definition) is 1. The van der Waals surface area contributed by atoms with Crippen molar-refractivity contribution in [3.8, 4) is 39.9 Å². The Kier molecular flexibility index (Phi) is 7.82. The number of ether oxygens (including phenoxy) is 3. The number of methoxy groups -OCH3 is 1. The third-order valence-corrected chi connectivity index (χ3v) is 6.25. The first-order valence-corrected chi connectivity index (χ1v) is 12.8. The van der Waals surface area contributed by atoms with Gasteiger partial charge in [0.05, 0.1) is 19.0 Å². The Hall–Kier alpha value is -4.99. The summed E-state index contributed by atoms with van der Waals surface area (Å²) in [6.07, 6.45) is -2.42. The van der Waals surface area contributed by atoms with Crippen LogP contribution in [0, 0.1) is 0 Å². The predicted molar refractivity (Wildman–Crippen MR) is 149 cm³/mol. The van der Waals surface area contributed by atoms with Crippen molar-refractivity contribution in [2.45, 2.75) is 19.7 Å². The summed E-state index contributed by atoms with van der Waals surface area (Å²) < 4.78 is 55.2. The summed E-state index contributed by atoms with van der Waals surface area (Å²) >= 11 is 0. The molecule has 41 heavy (non-hydrogen) atoms. The minimum Gasteiger partial charge on any atom is -0.497 e. The molecule has 1 N–H and O–H groups in total. The number of rotatable bonds is 9. The number of fused-ring (bicyclic) bond motifs is 1. The van der Waals surface area contributed by atoms with Gasteiger partial charge in [0.15, 0.2) is 5.75 Å². The maximum absolute atomic E-state index is 12.7. The van der Waals surface area contributed by atoms with Crippen LogP contribution in [0.3, 0.4) is 0 Å². The molecular formula is C31H26F3N3O4. The van der Waals surface area contributed by atoms with E-state index in [9.17, 15) is 18.0 Å². The first-order chi connectivity index (χ1) is 19.7. The summed E-state index contributed by atoms with van der Waals surface area (Å²) in [5, 5.41) is 9.24. The molecule has 0 unspecified atom stereocenters. The van der Waals surface area contributed by atoms with Crippen LogP contribution in [0.25, 0.3) is 27.7 Å². The molecule has 0 saturated carbocycles. The first kappa shape index (κ1) is 27.6. The molecule has 210 valence electrons. The molecule has 7 nitrogen and oxygen atoms in total. The monoisotopic (exact) mass is 561 g/mol. The number of amides is 1. The SMILES string of the molecule is CCCNC(=O)c1ccc(Oc2cnn(-c3ccc(OC(F)(F)F)cc3)c2-c2ccc3cc(OC)ccc3c2)cc1. The van der Waals surface area contributed by atoms with E-state index in [2.05, 4.69) is 15.2 Å².